The molecule has 3 rings (SSSR count). The summed E-state index contributed by atoms with van der Waals surface area (Å²) in [6.07, 6.45) is 2.90. The van der Waals surface area contributed by atoms with Crippen LogP contribution in [0.3, 0.4) is 0 Å². The zero-order chi connectivity index (χ0) is 23.1. The molecule has 0 bridgehead atoms. The first kappa shape index (κ1) is 23.6. The minimum absolute atomic E-state index is 0.234. The maximum atomic E-state index is 12.4. The SMILES string of the molecule is COC(=O)OC1CCC(OC(=O)c2ccc(C(=O)OC3CCC(C(=O)O)CC3)cc2)CC1. The molecule has 32 heavy (non-hydrogen) atoms. The molecule has 0 radical (unpaired) electrons. The summed E-state index contributed by atoms with van der Waals surface area (Å²) in [5.41, 5.74) is 0.652. The quantitative estimate of drug-likeness (QED) is 0.511. The van der Waals surface area contributed by atoms with E-state index in [1.165, 1.54) is 31.4 Å². The van der Waals surface area contributed by atoms with E-state index < -0.39 is 24.1 Å². The van der Waals surface area contributed by atoms with Gasteiger partial charge in [-0.05, 0) is 75.6 Å². The van der Waals surface area contributed by atoms with Gasteiger partial charge in [0.25, 0.3) is 0 Å². The van der Waals surface area contributed by atoms with Crippen molar-refractivity contribution in [1.29, 1.82) is 0 Å². The lowest BCUT2D eigenvalue weighted by Crippen LogP contribution is -2.29. The Hall–Kier alpha value is -3.10. The van der Waals surface area contributed by atoms with E-state index in [2.05, 4.69) is 4.74 Å². The molecule has 2 saturated carbocycles. The van der Waals surface area contributed by atoms with Crippen LogP contribution < -0.4 is 0 Å². The molecule has 0 aromatic heterocycles. The normalized spacial score (nSPS) is 25.3. The average molecular weight is 448 g/mol. The number of carbonyl (C=O) groups is 4. The van der Waals surface area contributed by atoms with Crippen LogP contribution in [0.2, 0.25) is 0 Å². The van der Waals surface area contributed by atoms with Crippen molar-refractivity contribution in [3.8, 4) is 0 Å². The predicted molar refractivity (Wildman–Crippen MR) is 110 cm³/mol. The largest absolute Gasteiger partial charge is 0.508 e. The fourth-order valence-corrected chi connectivity index (χ4v) is 4.06. The van der Waals surface area contributed by atoms with E-state index in [1.54, 1.807) is 0 Å². The molecule has 9 heteroatoms. The van der Waals surface area contributed by atoms with Gasteiger partial charge in [0, 0.05) is 0 Å². The average Bonchev–Trinajstić information content (AvgIpc) is 2.80. The molecule has 2 aliphatic rings. The van der Waals surface area contributed by atoms with E-state index in [-0.39, 0.29) is 24.2 Å². The van der Waals surface area contributed by atoms with Gasteiger partial charge in [-0.3, -0.25) is 4.79 Å². The fourth-order valence-electron chi connectivity index (χ4n) is 4.06. The van der Waals surface area contributed by atoms with Gasteiger partial charge in [0.15, 0.2) is 0 Å². The smallest absolute Gasteiger partial charge is 0.481 e. The number of ether oxygens (including phenoxy) is 4. The second-order valence-electron chi connectivity index (χ2n) is 8.17. The maximum absolute atomic E-state index is 12.4. The van der Waals surface area contributed by atoms with Gasteiger partial charge < -0.3 is 24.1 Å². The van der Waals surface area contributed by atoms with E-state index in [4.69, 9.17) is 19.3 Å². The number of carboxylic acid groups (broad SMARTS) is 1. The molecule has 0 spiro atoms. The third-order valence-corrected chi connectivity index (χ3v) is 5.98. The van der Waals surface area contributed by atoms with E-state index in [0.717, 1.165) is 0 Å². The van der Waals surface area contributed by atoms with Gasteiger partial charge >= 0.3 is 24.1 Å². The van der Waals surface area contributed by atoms with E-state index >= 15 is 0 Å². The van der Waals surface area contributed by atoms with Crippen LogP contribution in [0.1, 0.15) is 72.1 Å². The minimum atomic E-state index is -0.806. The highest BCUT2D eigenvalue weighted by Crippen LogP contribution is 2.27. The molecule has 2 fully saturated rings. The topological polar surface area (TPSA) is 125 Å². The highest BCUT2D eigenvalue weighted by molar-refractivity contribution is 5.93. The van der Waals surface area contributed by atoms with Crippen LogP contribution in [0.15, 0.2) is 24.3 Å². The van der Waals surface area contributed by atoms with Gasteiger partial charge in [-0.2, -0.15) is 0 Å². The van der Waals surface area contributed by atoms with Crippen LogP contribution in [-0.4, -0.2) is 54.6 Å². The molecule has 2 aliphatic carbocycles. The van der Waals surface area contributed by atoms with Crippen molar-refractivity contribution in [3.63, 3.8) is 0 Å². The monoisotopic (exact) mass is 448 g/mol. The summed E-state index contributed by atoms with van der Waals surface area (Å²) in [6, 6.07) is 6.07. The first-order chi connectivity index (χ1) is 15.4. The molecule has 1 N–H and O–H groups in total. The van der Waals surface area contributed by atoms with E-state index in [9.17, 15) is 19.2 Å². The van der Waals surface area contributed by atoms with Gasteiger partial charge in [-0.25, -0.2) is 14.4 Å². The highest BCUT2D eigenvalue weighted by atomic mass is 16.7. The van der Waals surface area contributed by atoms with Crippen LogP contribution in [0.25, 0.3) is 0 Å². The summed E-state index contributed by atoms with van der Waals surface area (Å²) in [7, 11) is 1.26. The van der Waals surface area contributed by atoms with Crippen LogP contribution in [0, 0.1) is 5.92 Å². The van der Waals surface area contributed by atoms with E-state index in [1.807, 2.05) is 0 Å². The fraction of sp³-hybridized carbons (Fsp3) is 0.565. The Balaban J connectivity index is 1.44. The predicted octanol–water partition coefficient (Wildman–Crippen LogP) is 3.74. The summed E-state index contributed by atoms with van der Waals surface area (Å²) in [5, 5.41) is 9.04. The summed E-state index contributed by atoms with van der Waals surface area (Å²) < 4.78 is 20.6. The number of esters is 2. The van der Waals surface area contributed by atoms with E-state index in [0.29, 0.717) is 62.5 Å². The van der Waals surface area contributed by atoms with Crippen molar-refractivity contribution >= 4 is 24.1 Å². The number of carbonyl (C=O) groups excluding carboxylic acids is 3. The second kappa shape index (κ2) is 11.0. The lowest BCUT2D eigenvalue weighted by atomic mass is 9.87. The lowest BCUT2D eigenvalue weighted by molar-refractivity contribution is -0.143. The molecule has 174 valence electrons. The molecule has 0 atom stereocenters. The third kappa shape index (κ3) is 6.45. The lowest BCUT2D eigenvalue weighted by Gasteiger charge is -2.27. The standard InChI is InChI=1S/C23H28O9/c1-29-23(28)32-19-12-10-18(11-13-19)31-22(27)16-4-2-15(3-5-16)21(26)30-17-8-6-14(7-9-17)20(24)25/h2-5,14,17-19H,6-13H2,1H3,(H,24,25). The number of aliphatic carboxylic acids is 1. The van der Waals surface area contributed by atoms with Crippen molar-refractivity contribution in [3.05, 3.63) is 35.4 Å². The Labute approximate surface area is 186 Å². The molecular weight excluding hydrogens is 420 g/mol. The molecule has 1 aromatic carbocycles. The Morgan fingerprint density at radius 1 is 0.688 bits per heavy atom. The van der Waals surface area contributed by atoms with Crippen molar-refractivity contribution in [1.82, 2.24) is 0 Å². The molecule has 0 heterocycles. The number of rotatable bonds is 6. The molecule has 0 amide bonds. The van der Waals surface area contributed by atoms with Crippen molar-refractivity contribution in [2.45, 2.75) is 69.7 Å². The van der Waals surface area contributed by atoms with Crippen molar-refractivity contribution in [2.24, 2.45) is 5.92 Å². The van der Waals surface area contributed by atoms with Crippen LogP contribution in [0.5, 0.6) is 0 Å². The van der Waals surface area contributed by atoms with Gasteiger partial charge in [0.1, 0.15) is 18.3 Å². The Morgan fingerprint density at radius 3 is 1.44 bits per heavy atom. The second-order valence-corrected chi connectivity index (χ2v) is 8.17. The van der Waals surface area contributed by atoms with Crippen molar-refractivity contribution in [2.75, 3.05) is 7.11 Å². The molecule has 0 unspecified atom stereocenters. The zero-order valence-corrected chi connectivity index (χ0v) is 18.0. The Bertz CT molecular complexity index is 816. The molecule has 9 nitrogen and oxygen atoms in total. The van der Waals surface area contributed by atoms with Gasteiger partial charge in [0.05, 0.1) is 24.2 Å². The van der Waals surface area contributed by atoms with Gasteiger partial charge in [-0.15, -0.1) is 0 Å². The highest BCUT2D eigenvalue weighted by Gasteiger charge is 2.29. The number of benzene rings is 1. The molecule has 0 saturated heterocycles. The summed E-state index contributed by atoms with van der Waals surface area (Å²) in [5.74, 6) is -2.15. The van der Waals surface area contributed by atoms with Crippen LogP contribution in [-0.2, 0) is 23.7 Å². The van der Waals surface area contributed by atoms with Crippen molar-refractivity contribution < 1.29 is 43.2 Å². The van der Waals surface area contributed by atoms with Gasteiger partial charge in [-0.1, -0.05) is 0 Å². The summed E-state index contributed by atoms with van der Waals surface area (Å²) in [6.45, 7) is 0. The molecular formula is C23H28O9. The number of hydrogen-bond donors (Lipinski definition) is 1. The summed E-state index contributed by atoms with van der Waals surface area (Å²) >= 11 is 0. The van der Waals surface area contributed by atoms with Gasteiger partial charge in [0.2, 0.25) is 0 Å². The van der Waals surface area contributed by atoms with Crippen LogP contribution >= 0.6 is 0 Å². The number of methoxy groups -OCH3 is 1. The molecule has 0 aliphatic heterocycles. The molecule has 1 aromatic rings. The third-order valence-electron chi connectivity index (χ3n) is 5.98. The first-order valence-corrected chi connectivity index (χ1v) is 10.8. The number of hydrogen-bond acceptors (Lipinski definition) is 8. The first-order valence-electron chi connectivity index (χ1n) is 10.8. The number of carboxylic acids is 1. The Morgan fingerprint density at radius 2 is 1.06 bits per heavy atom. The van der Waals surface area contributed by atoms with Crippen LogP contribution in [0.4, 0.5) is 4.79 Å². The minimum Gasteiger partial charge on any atom is -0.481 e. The summed E-state index contributed by atoms with van der Waals surface area (Å²) in [4.78, 5) is 46.9. The Kier molecular flexibility index (Phi) is 8.08. The maximum Gasteiger partial charge on any atom is 0.508 e. The zero-order valence-electron chi connectivity index (χ0n) is 18.0.